The number of nitrogens with zero attached hydrogens (tertiary/aromatic N) is 3. The summed E-state index contributed by atoms with van der Waals surface area (Å²) in [6.45, 7) is 2.80. The van der Waals surface area contributed by atoms with Crippen molar-refractivity contribution in [3.8, 4) is 6.07 Å². The van der Waals surface area contributed by atoms with E-state index in [1.807, 2.05) is 20.0 Å². The molecule has 1 heterocycles. The monoisotopic (exact) mass is 228 g/mol. The van der Waals surface area contributed by atoms with E-state index in [9.17, 15) is 0 Å². The Labute approximate surface area is 101 Å². The van der Waals surface area contributed by atoms with Gasteiger partial charge >= 0.3 is 0 Å². The SMILES string of the molecule is CC(C#N)N(C)CCc1ccc2nc[nH]c2c1. The number of imidazole rings is 1. The van der Waals surface area contributed by atoms with Crippen LogP contribution in [0.15, 0.2) is 24.5 Å². The zero-order valence-corrected chi connectivity index (χ0v) is 10.1. The van der Waals surface area contributed by atoms with Gasteiger partial charge in [0.2, 0.25) is 0 Å². The minimum absolute atomic E-state index is 0.0362. The van der Waals surface area contributed by atoms with E-state index >= 15 is 0 Å². The molecule has 1 N–H and O–H groups in total. The predicted molar refractivity (Wildman–Crippen MR) is 67.5 cm³/mol. The van der Waals surface area contributed by atoms with Crippen molar-refractivity contribution in [2.75, 3.05) is 13.6 Å². The lowest BCUT2D eigenvalue weighted by Crippen LogP contribution is -2.29. The van der Waals surface area contributed by atoms with Crippen LogP contribution in [-0.2, 0) is 6.42 Å². The molecule has 4 nitrogen and oxygen atoms in total. The maximum absolute atomic E-state index is 8.81. The van der Waals surface area contributed by atoms with Gasteiger partial charge in [-0.1, -0.05) is 6.07 Å². The number of hydrogen-bond acceptors (Lipinski definition) is 3. The van der Waals surface area contributed by atoms with E-state index in [0.29, 0.717) is 0 Å². The van der Waals surface area contributed by atoms with Crippen LogP contribution in [0.25, 0.3) is 11.0 Å². The minimum Gasteiger partial charge on any atom is -0.345 e. The van der Waals surface area contributed by atoms with Crippen LogP contribution in [-0.4, -0.2) is 34.5 Å². The topological polar surface area (TPSA) is 55.7 Å². The molecule has 1 aromatic carbocycles. The highest BCUT2D eigenvalue weighted by atomic mass is 15.1. The molecule has 88 valence electrons. The minimum atomic E-state index is -0.0362. The quantitative estimate of drug-likeness (QED) is 0.870. The third kappa shape index (κ3) is 2.63. The fourth-order valence-electron chi connectivity index (χ4n) is 1.74. The Balaban J connectivity index is 2.01. The standard InChI is InChI=1S/C13H16N4/c1-10(8-14)17(2)6-5-11-3-4-12-13(7-11)16-9-15-12/h3-4,7,9-10H,5-6H2,1-2H3,(H,15,16). The van der Waals surface area contributed by atoms with Crippen LogP contribution in [0.2, 0.25) is 0 Å². The van der Waals surface area contributed by atoms with Crippen molar-refractivity contribution in [2.45, 2.75) is 19.4 Å². The van der Waals surface area contributed by atoms with E-state index in [4.69, 9.17) is 5.26 Å². The van der Waals surface area contributed by atoms with Crippen LogP contribution in [0.4, 0.5) is 0 Å². The number of nitrogens with one attached hydrogen (secondary N) is 1. The van der Waals surface area contributed by atoms with Crippen LogP contribution in [0.5, 0.6) is 0 Å². The summed E-state index contributed by atoms with van der Waals surface area (Å²) in [5.74, 6) is 0. The molecule has 0 spiro atoms. The highest BCUT2D eigenvalue weighted by molar-refractivity contribution is 5.75. The Kier molecular flexibility index (Phi) is 3.40. The highest BCUT2D eigenvalue weighted by Crippen LogP contribution is 2.12. The van der Waals surface area contributed by atoms with Gasteiger partial charge in [0.15, 0.2) is 0 Å². The Bertz CT molecular complexity index is 538. The second-order valence-corrected chi connectivity index (χ2v) is 4.29. The molecule has 0 saturated heterocycles. The first-order valence-corrected chi connectivity index (χ1v) is 5.72. The zero-order valence-electron chi connectivity index (χ0n) is 10.1. The predicted octanol–water partition coefficient (Wildman–Crippen LogP) is 1.95. The summed E-state index contributed by atoms with van der Waals surface area (Å²) < 4.78 is 0. The molecule has 0 aliphatic rings. The molecule has 0 aliphatic heterocycles. The molecule has 1 atom stereocenters. The highest BCUT2D eigenvalue weighted by Gasteiger charge is 2.07. The van der Waals surface area contributed by atoms with Crippen molar-refractivity contribution in [1.29, 1.82) is 5.26 Å². The van der Waals surface area contributed by atoms with Gasteiger partial charge in [0.25, 0.3) is 0 Å². The molecule has 0 fully saturated rings. The second kappa shape index (κ2) is 4.98. The van der Waals surface area contributed by atoms with Crippen LogP contribution >= 0.6 is 0 Å². The molecule has 2 aromatic rings. The van der Waals surface area contributed by atoms with Crippen molar-refractivity contribution in [1.82, 2.24) is 14.9 Å². The number of nitriles is 1. The van der Waals surface area contributed by atoms with Gasteiger partial charge in [-0.05, 0) is 38.1 Å². The van der Waals surface area contributed by atoms with Gasteiger partial charge in [0, 0.05) is 6.54 Å². The maximum atomic E-state index is 8.81. The molecular weight excluding hydrogens is 212 g/mol. The van der Waals surface area contributed by atoms with E-state index in [1.165, 1.54) is 5.56 Å². The van der Waals surface area contributed by atoms with Gasteiger partial charge in [-0.25, -0.2) is 4.98 Å². The summed E-state index contributed by atoms with van der Waals surface area (Å²) in [6.07, 6.45) is 2.65. The van der Waals surface area contributed by atoms with Gasteiger partial charge < -0.3 is 4.98 Å². The largest absolute Gasteiger partial charge is 0.345 e. The van der Waals surface area contributed by atoms with Gasteiger partial charge in [-0.2, -0.15) is 5.26 Å². The van der Waals surface area contributed by atoms with E-state index in [1.54, 1.807) is 6.33 Å². The van der Waals surface area contributed by atoms with Crippen molar-refractivity contribution in [3.05, 3.63) is 30.1 Å². The third-order valence-corrected chi connectivity index (χ3v) is 3.09. The van der Waals surface area contributed by atoms with Gasteiger partial charge in [0.05, 0.1) is 29.5 Å². The van der Waals surface area contributed by atoms with Gasteiger partial charge in [-0.3, -0.25) is 4.90 Å². The lowest BCUT2D eigenvalue weighted by atomic mass is 10.1. The third-order valence-electron chi connectivity index (χ3n) is 3.09. The van der Waals surface area contributed by atoms with E-state index < -0.39 is 0 Å². The van der Waals surface area contributed by atoms with E-state index in [2.05, 4.69) is 33.1 Å². The second-order valence-electron chi connectivity index (χ2n) is 4.29. The first-order chi connectivity index (χ1) is 8.20. The fraction of sp³-hybridized carbons (Fsp3) is 0.385. The normalized spacial score (nSPS) is 12.8. The number of hydrogen-bond donors (Lipinski definition) is 1. The molecule has 0 radical (unpaired) electrons. The first kappa shape index (κ1) is 11.6. The number of rotatable bonds is 4. The lowest BCUT2D eigenvalue weighted by Gasteiger charge is -2.18. The molecule has 4 heteroatoms. The molecule has 1 aromatic heterocycles. The molecule has 2 rings (SSSR count). The summed E-state index contributed by atoms with van der Waals surface area (Å²) in [4.78, 5) is 9.34. The summed E-state index contributed by atoms with van der Waals surface area (Å²) in [5.41, 5.74) is 3.32. The van der Waals surface area contributed by atoms with Crippen LogP contribution in [0, 0.1) is 11.3 Å². The van der Waals surface area contributed by atoms with Crippen molar-refractivity contribution >= 4 is 11.0 Å². The summed E-state index contributed by atoms with van der Waals surface area (Å²) >= 11 is 0. The van der Waals surface area contributed by atoms with Crippen LogP contribution < -0.4 is 0 Å². The van der Waals surface area contributed by atoms with Crippen LogP contribution in [0.3, 0.4) is 0 Å². The summed E-state index contributed by atoms with van der Waals surface area (Å²) in [5, 5.41) is 8.81. The lowest BCUT2D eigenvalue weighted by molar-refractivity contribution is 0.306. The maximum Gasteiger partial charge on any atom is 0.0946 e. The molecule has 0 aliphatic carbocycles. The molecule has 0 bridgehead atoms. The summed E-state index contributed by atoms with van der Waals surface area (Å²) in [6, 6.07) is 8.43. The van der Waals surface area contributed by atoms with Crippen molar-refractivity contribution in [3.63, 3.8) is 0 Å². The van der Waals surface area contributed by atoms with E-state index in [0.717, 1.165) is 24.0 Å². The number of likely N-dealkylation sites (N-methyl/N-ethyl adjacent to an activating group) is 1. The molecular formula is C13H16N4. The number of H-pyrrole nitrogens is 1. The van der Waals surface area contributed by atoms with Gasteiger partial charge in [-0.15, -0.1) is 0 Å². The van der Waals surface area contributed by atoms with Gasteiger partial charge in [0.1, 0.15) is 0 Å². The number of aromatic nitrogens is 2. The number of aromatic amines is 1. The molecule has 0 amide bonds. The average molecular weight is 228 g/mol. The molecule has 1 unspecified atom stereocenters. The fourth-order valence-corrected chi connectivity index (χ4v) is 1.74. The molecule has 17 heavy (non-hydrogen) atoms. The number of fused-ring (bicyclic) bond motifs is 1. The average Bonchev–Trinajstić information content (AvgIpc) is 2.82. The first-order valence-electron chi connectivity index (χ1n) is 5.72. The summed E-state index contributed by atoms with van der Waals surface area (Å²) in [7, 11) is 1.97. The Morgan fingerprint density at radius 2 is 2.35 bits per heavy atom. The van der Waals surface area contributed by atoms with Crippen LogP contribution in [0.1, 0.15) is 12.5 Å². The Morgan fingerprint density at radius 3 is 3.12 bits per heavy atom. The Morgan fingerprint density at radius 1 is 1.53 bits per heavy atom. The zero-order chi connectivity index (χ0) is 12.3. The molecule has 0 saturated carbocycles. The van der Waals surface area contributed by atoms with Crippen molar-refractivity contribution < 1.29 is 0 Å². The Hall–Kier alpha value is -1.86. The smallest absolute Gasteiger partial charge is 0.0946 e. The van der Waals surface area contributed by atoms with Crippen molar-refractivity contribution in [2.24, 2.45) is 0 Å². The number of benzene rings is 1. The van der Waals surface area contributed by atoms with E-state index in [-0.39, 0.29) is 6.04 Å².